The fourth-order valence-electron chi connectivity index (χ4n) is 2.25. The van der Waals surface area contributed by atoms with Crippen molar-refractivity contribution >= 4 is 39.1 Å². The molecule has 122 valence electrons. The van der Waals surface area contributed by atoms with E-state index in [1.54, 1.807) is 6.07 Å². The number of anilines is 1. The van der Waals surface area contributed by atoms with Gasteiger partial charge in [-0.25, -0.2) is 0 Å². The number of fused-ring (bicyclic) bond motifs is 1. The molecule has 2 aromatic carbocycles. The van der Waals surface area contributed by atoms with Crippen molar-refractivity contribution < 1.29 is 9.59 Å². The first-order valence-corrected chi connectivity index (χ1v) is 8.30. The van der Waals surface area contributed by atoms with Crippen molar-refractivity contribution in [3.8, 4) is 0 Å². The maximum absolute atomic E-state index is 12.2. The van der Waals surface area contributed by atoms with E-state index in [0.29, 0.717) is 10.7 Å². The van der Waals surface area contributed by atoms with Gasteiger partial charge in [-0.3, -0.25) is 9.59 Å². The summed E-state index contributed by atoms with van der Waals surface area (Å²) in [6.45, 7) is 2.08. The van der Waals surface area contributed by atoms with Crippen molar-refractivity contribution in [1.82, 2.24) is 15.5 Å². The molecule has 2 amide bonds. The second kappa shape index (κ2) is 7.18. The van der Waals surface area contributed by atoms with E-state index in [1.807, 2.05) is 43.3 Å². The van der Waals surface area contributed by atoms with Gasteiger partial charge in [-0.15, -0.1) is 10.2 Å². The maximum atomic E-state index is 12.2. The van der Waals surface area contributed by atoms with E-state index in [9.17, 15) is 9.59 Å². The Balaban J connectivity index is 1.52. The average Bonchev–Trinajstić information content (AvgIpc) is 2.99. The minimum atomic E-state index is -0.204. The summed E-state index contributed by atoms with van der Waals surface area (Å²) in [7, 11) is 0. The summed E-state index contributed by atoms with van der Waals surface area (Å²) in [5.41, 5.74) is 0.578. The first kappa shape index (κ1) is 16.1. The molecule has 0 aliphatic carbocycles. The Morgan fingerprint density at radius 1 is 1.08 bits per heavy atom. The zero-order chi connectivity index (χ0) is 16.9. The topological polar surface area (TPSA) is 84.0 Å². The van der Waals surface area contributed by atoms with Gasteiger partial charge in [0.1, 0.15) is 5.01 Å². The van der Waals surface area contributed by atoms with Crippen LogP contribution in [0.15, 0.2) is 42.5 Å². The fourth-order valence-corrected chi connectivity index (χ4v) is 2.86. The molecule has 0 saturated carbocycles. The highest BCUT2D eigenvalue weighted by atomic mass is 32.1. The summed E-state index contributed by atoms with van der Waals surface area (Å²) in [5.74, 6) is -0.398. The van der Waals surface area contributed by atoms with E-state index in [-0.39, 0.29) is 24.8 Å². The van der Waals surface area contributed by atoms with Gasteiger partial charge in [-0.2, -0.15) is 0 Å². The molecule has 0 unspecified atom stereocenters. The lowest BCUT2D eigenvalue weighted by molar-refractivity contribution is -0.116. The number of nitrogens with zero attached hydrogens (tertiary/aromatic N) is 2. The first-order chi connectivity index (χ1) is 11.6. The molecule has 0 radical (unpaired) electrons. The van der Waals surface area contributed by atoms with Crippen LogP contribution in [0.3, 0.4) is 0 Å². The number of amides is 2. The molecule has 0 spiro atoms. The van der Waals surface area contributed by atoms with Gasteiger partial charge in [0.2, 0.25) is 11.0 Å². The van der Waals surface area contributed by atoms with Crippen LogP contribution in [0, 0.1) is 6.92 Å². The van der Waals surface area contributed by atoms with Crippen molar-refractivity contribution in [3.05, 3.63) is 53.0 Å². The average molecular weight is 340 g/mol. The Hall–Kier alpha value is -2.80. The molecule has 2 N–H and O–H groups in total. The van der Waals surface area contributed by atoms with Crippen LogP contribution < -0.4 is 10.6 Å². The van der Waals surface area contributed by atoms with Gasteiger partial charge >= 0.3 is 0 Å². The molecule has 0 atom stereocenters. The van der Waals surface area contributed by atoms with Gasteiger partial charge in [-0.05, 0) is 29.8 Å². The van der Waals surface area contributed by atoms with Crippen LogP contribution in [0.2, 0.25) is 0 Å². The lowest BCUT2D eigenvalue weighted by Crippen LogP contribution is -2.27. The number of carbonyl (C=O) groups is 2. The van der Waals surface area contributed by atoms with Gasteiger partial charge in [0.15, 0.2) is 0 Å². The molecule has 1 heterocycles. The molecule has 0 aliphatic heterocycles. The predicted octanol–water partition coefficient (Wildman–Crippen LogP) is 2.76. The summed E-state index contributed by atoms with van der Waals surface area (Å²) in [6, 6.07) is 13.4. The van der Waals surface area contributed by atoms with Crippen molar-refractivity contribution in [1.29, 1.82) is 0 Å². The highest BCUT2D eigenvalue weighted by Crippen LogP contribution is 2.16. The Morgan fingerprint density at radius 3 is 2.62 bits per heavy atom. The van der Waals surface area contributed by atoms with E-state index >= 15 is 0 Å². The number of hydrogen-bond acceptors (Lipinski definition) is 5. The third kappa shape index (κ3) is 3.94. The second-order valence-electron chi connectivity index (χ2n) is 5.24. The van der Waals surface area contributed by atoms with Gasteiger partial charge in [0, 0.05) is 18.5 Å². The number of carbonyl (C=O) groups excluding carboxylic acids is 2. The van der Waals surface area contributed by atoms with E-state index in [0.717, 1.165) is 15.8 Å². The standard InChI is InChI=1S/C17H16N4O2S/c1-11-20-21-17(24-11)19-15(22)8-9-18-16(23)14-7-6-12-4-2-3-5-13(12)10-14/h2-7,10H,8-9H2,1H3,(H,18,23)(H,19,21,22). The normalized spacial score (nSPS) is 10.5. The van der Waals surface area contributed by atoms with Gasteiger partial charge < -0.3 is 10.6 Å². The number of nitrogens with one attached hydrogen (secondary N) is 2. The molecule has 0 aliphatic rings. The first-order valence-electron chi connectivity index (χ1n) is 7.49. The summed E-state index contributed by atoms with van der Waals surface area (Å²) < 4.78 is 0. The van der Waals surface area contributed by atoms with E-state index in [4.69, 9.17) is 0 Å². The highest BCUT2D eigenvalue weighted by molar-refractivity contribution is 7.15. The summed E-state index contributed by atoms with van der Waals surface area (Å²) in [5, 5.41) is 16.4. The minimum Gasteiger partial charge on any atom is -0.352 e. The van der Waals surface area contributed by atoms with Gasteiger partial charge in [-0.1, -0.05) is 41.7 Å². The molecular formula is C17H16N4O2S. The minimum absolute atomic E-state index is 0.179. The molecule has 0 saturated heterocycles. The molecule has 3 rings (SSSR count). The lowest BCUT2D eigenvalue weighted by Gasteiger charge is -2.06. The summed E-state index contributed by atoms with van der Waals surface area (Å²) in [6.07, 6.45) is 0.179. The number of aromatic nitrogens is 2. The van der Waals surface area contributed by atoms with Crippen LogP contribution in [0.1, 0.15) is 21.8 Å². The Bertz CT molecular complexity index is 891. The van der Waals surface area contributed by atoms with Crippen LogP contribution in [0.4, 0.5) is 5.13 Å². The van der Waals surface area contributed by atoms with Crippen LogP contribution in [0.5, 0.6) is 0 Å². The monoisotopic (exact) mass is 340 g/mol. The molecule has 3 aromatic rings. The van der Waals surface area contributed by atoms with Crippen molar-refractivity contribution in [3.63, 3.8) is 0 Å². The third-order valence-corrected chi connectivity index (χ3v) is 4.18. The number of rotatable bonds is 5. The van der Waals surface area contributed by atoms with Crippen LogP contribution in [-0.2, 0) is 4.79 Å². The molecular weight excluding hydrogens is 324 g/mol. The van der Waals surface area contributed by atoms with E-state index < -0.39 is 0 Å². The molecule has 0 fully saturated rings. The van der Waals surface area contributed by atoms with E-state index in [2.05, 4.69) is 20.8 Å². The van der Waals surface area contributed by atoms with Crippen LogP contribution in [-0.4, -0.2) is 28.6 Å². The quantitative estimate of drug-likeness (QED) is 0.748. The Labute approximate surface area is 142 Å². The number of aryl methyl sites for hydroxylation is 1. The lowest BCUT2D eigenvalue weighted by atomic mass is 10.1. The molecule has 24 heavy (non-hydrogen) atoms. The smallest absolute Gasteiger partial charge is 0.251 e. The molecule has 0 bridgehead atoms. The summed E-state index contributed by atoms with van der Waals surface area (Å²) >= 11 is 1.31. The second-order valence-corrected chi connectivity index (χ2v) is 6.42. The van der Waals surface area contributed by atoms with Crippen molar-refractivity contribution in [2.24, 2.45) is 0 Å². The van der Waals surface area contributed by atoms with Crippen LogP contribution in [0.25, 0.3) is 10.8 Å². The molecule has 7 heteroatoms. The fraction of sp³-hybridized carbons (Fsp3) is 0.176. The van der Waals surface area contributed by atoms with Gasteiger partial charge in [0.25, 0.3) is 5.91 Å². The largest absolute Gasteiger partial charge is 0.352 e. The zero-order valence-corrected chi connectivity index (χ0v) is 13.9. The van der Waals surface area contributed by atoms with Crippen molar-refractivity contribution in [2.75, 3.05) is 11.9 Å². The number of hydrogen-bond donors (Lipinski definition) is 2. The third-order valence-electron chi connectivity index (χ3n) is 3.42. The highest BCUT2D eigenvalue weighted by Gasteiger charge is 2.09. The molecule has 6 nitrogen and oxygen atoms in total. The zero-order valence-electron chi connectivity index (χ0n) is 13.1. The number of benzene rings is 2. The SMILES string of the molecule is Cc1nnc(NC(=O)CCNC(=O)c2ccc3ccccc3c2)s1. The van der Waals surface area contributed by atoms with Gasteiger partial charge in [0.05, 0.1) is 0 Å². The maximum Gasteiger partial charge on any atom is 0.251 e. The molecule has 1 aromatic heterocycles. The van der Waals surface area contributed by atoms with Crippen LogP contribution >= 0.6 is 11.3 Å². The predicted molar refractivity (Wildman–Crippen MR) is 94.2 cm³/mol. The Morgan fingerprint density at radius 2 is 1.88 bits per heavy atom. The summed E-state index contributed by atoms with van der Waals surface area (Å²) in [4.78, 5) is 24.0. The van der Waals surface area contributed by atoms with Crippen molar-refractivity contribution in [2.45, 2.75) is 13.3 Å². The Kier molecular flexibility index (Phi) is 4.81. The van der Waals surface area contributed by atoms with E-state index in [1.165, 1.54) is 11.3 Å².